The molecule has 0 aromatic carbocycles. The van der Waals surface area contributed by atoms with E-state index in [4.69, 9.17) is 18.9 Å². The lowest BCUT2D eigenvalue weighted by molar-refractivity contribution is -0.298. The molecule has 0 amide bonds. The van der Waals surface area contributed by atoms with Crippen molar-refractivity contribution in [1.82, 2.24) is 0 Å². The van der Waals surface area contributed by atoms with E-state index in [0.717, 1.165) is 89.9 Å². The van der Waals surface area contributed by atoms with Gasteiger partial charge in [0.25, 0.3) is 0 Å². The molecule has 0 spiro atoms. The van der Waals surface area contributed by atoms with Crippen LogP contribution in [0.5, 0.6) is 0 Å². The fourth-order valence-corrected chi connectivity index (χ4v) is 5.52. The highest BCUT2D eigenvalue weighted by Crippen LogP contribution is 2.23. The predicted molar refractivity (Wildman–Crippen MR) is 201 cm³/mol. The van der Waals surface area contributed by atoms with Crippen LogP contribution >= 0.6 is 0 Å². The molecule has 298 valence electrons. The van der Waals surface area contributed by atoms with Crippen molar-refractivity contribution in [3.8, 4) is 0 Å². The first-order chi connectivity index (χ1) is 25.2. The molecule has 0 radical (unpaired) electrons. The van der Waals surface area contributed by atoms with Gasteiger partial charge in [-0.15, -0.1) is 0 Å². The number of carboxylic acid groups (broad SMARTS) is 1. The Bertz CT molecular complexity index is 1050. The number of esters is 2. The van der Waals surface area contributed by atoms with Gasteiger partial charge in [-0.3, -0.25) is 9.59 Å². The number of carboxylic acids is 1. The van der Waals surface area contributed by atoms with Crippen LogP contribution in [-0.2, 0) is 33.3 Å². The average molecular weight is 737 g/mol. The Hall–Kier alpha value is -2.83. The highest BCUT2D eigenvalue weighted by atomic mass is 16.7. The molecular weight excluding hydrogens is 668 g/mol. The zero-order valence-corrected chi connectivity index (χ0v) is 31.8. The summed E-state index contributed by atoms with van der Waals surface area (Å²) in [5, 5.41) is 39.6. The van der Waals surface area contributed by atoms with Crippen molar-refractivity contribution in [2.45, 2.75) is 179 Å². The van der Waals surface area contributed by atoms with Gasteiger partial charge in [0.2, 0.25) is 0 Å². The summed E-state index contributed by atoms with van der Waals surface area (Å²) in [7, 11) is 0. The summed E-state index contributed by atoms with van der Waals surface area (Å²) in [6.07, 6.45) is 26.0. The van der Waals surface area contributed by atoms with Gasteiger partial charge in [0.15, 0.2) is 18.5 Å². The fourth-order valence-electron chi connectivity index (χ4n) is 5.52. The first-order valence-corrected chi connectivity index (χ1v) is 19.7. The van der Waals surface area contributed by atoms with E-state index in [2.05, 4.69) is 62.5 Å². The van der Waals surface area contributed by atoms with Crippen LogP contribution in [0.4, 0.5) is 0 Å². The standard InChI is InChI=1S/C41H68O11/c1-3-5-7-9-11-13-15-16-17-18-20-21-23-25-27-29-34(42)49-31-33(32-50-41-38(46)36(44)37(45)39(52-41)40(47)48)51-35(43)30-28-26-24-22-19-14-12-10-8-6-4-2/h5,7,10-13,16-17,33,36-39,41,44-46H,3-4,6,8-9,14-15,18-32H2,1-2H3,(H,47,48)/b7-5-,12-10-,13-11-,17-16-. The van der Waals surface area contributed by atoms with Gasteiger partial charge < -0.3 is 39.4 Å². The van der Waals surface area contributed by atoms with Crippen LogP contribution in [0.15, 0.2) is 48.6 Å². The van der Waals surface area contributed by atoms with Crippen molar-refractivity contribution in [2.75, 3.05) is 13.2 Å². The second-order valence-electron chi connectivity index (χ2n) is 13.4. The maximum absolute atomic E-state index is 12.7. The number of unbranched alkanes of at least 4 members (excludes halogenated alkanes) is 12. The van der Waals surface area contributed by atoms with Crippen LogP contribution in [0.1, 0.15) is 142 Å². The summed E-state index contributed by atoms with van der Waals surface area (Å²) in [5.74, 6) is -2.49. The minimum atomic E-state index is -1.86. The monoisotopic (exact) mass is 736 g/mol. The summed E-state index contributed by atoms with van der Waals surface area (Å²) in [4.78, 5) is 36.6. The topological polar surface area (TPSA) is 169 Å². The van der Waals surface area contributed by atoms with Crippen molar-refractivity contribution in [1.29, 1.82) is 0 Å². The molecular formula is C41H68O11. The molecule has 0 bridgehead atoms. The van der Waals surface area contributed by atoms with Gasteiger partial charge in [0.05, 0.1) is 6.61 Å². The molecule has 1 saturated heterocycles. The molecule has 0 saturated carbocycles. The lowest BCUT2D eigenvalue weighted by Gasteiger charge is -2.38. The van der Waals surface area contributed by atoms with E-state index in [0.29, 0.717) is 12.8 Å². The minimum absolute atomic E-state index is 0.166. The van der Waals surface area contributed by atoms with Crippen LogP contribution in [0, 0.1) is 0 Å². The molecule has 1 heterocycles. The van der Waals surface area contributed by atoms with Gasteiger partial charge >= 0.3 is 17.9 Å². The largest absolute Gasteiger partial charge is 0.479 e. The van der Waals surface area contributed by atoms with Crippen molar-refractivity contribution >= 4 is 17.9 Å². The molecule has 1 aliphatic heterocycles. The molecule has 6 unspecified atom stereocenters. The summed E-state index contributed by atoms with van der Waals surface area (Å²) >= 11 is 0. The normalized spacial score (nSPS) is 21.4. The number of hydrogen-bond donors (Lipinski definition) is 4. The number of rotatable bonds is 31. The smallest absolute Gasteiger partial charge is 0.335 e. The van der Waals surface area contributed by atoms with Crippen LogP contribution in [0.3, 0.4) is 0 Å². The Balaban J connectivity index is 2.45. The lowest BCUT2D eigenvalue weighted by atomic mass is 9.99. The van der Waals surface area contributed by atoms with Crippen molar-refractivity contribution in [2.24, 2.45) is 0 Å². The second-order valence-corrected chi connectivity index (χ2v) is 13.4. The predicted octanol–water partition coefficient (Wildman–Crippen LogP) is 7.42. The molecule has 0 aromatic heterocycles. The molecule has 4 N–H and O–H groups in total. The van der Waals surface area contributed by atoms with Crippen LogP contribution < -0.4 is 0 Å². The van der Waals surface area contributed by atoms with Crippen molar-refractivity contribution in [3.63, 3.8) is 0 Å². The Morgan fingerprint density at radius 2 is 1.13 bits per heavy atom. The molecule has 11 nitrogen and oxygen atoms in total. The van der Waals surface area contributed by atoms with Gasteiger partial charge in [-0.05, 0) is 64.2 Å². The van der Waals surface area contributed by atoms with Gasteiger partial charge in [0.1, 0.15) is 24.9 Å². The Labute approximate surface area is 312 Å². The van der Waals surface area contributed by atoms with Crippen molar-refractivity contribution in [3.05, 3.63) is 48.6 Å². The third kappa shape index (κ3) is 23.7. The molecule has 1 fully saturated rings. The van der Waals surface area contributed by atoms with Crippen molar-refractivity contribution < 1.29 is 53.8 Å². The third-order valence-corrected chi connectivity index (χ3v) is 8.66. The van der Waals surface area contributed by atoms with E-state index >= 15 is 0 Å². The number of carbonyl (C=O) groups excluding carboxylic acids is 2. The summed E-state index contributed by atoms with van der Waals surface area (Å²) < 4.78 is 21.6. The molecule has 0 aromatic rings. The second kappa shape index (κ2) is 31.7. The summed E-state index contributed by atoms with van der Waals surface area (Å²) in [5.41, 5.74) is 0. The average Bonchev–Trinajstić information content (AvgIpc) is 3.12. The highest BCUT2D eigenvalue weighted by Gasteiger charge is 2.47. The Morgan fingerprint density at radius 3 is 1.73 bits per heavy atom. The number of aliphatic carboxylic acids is 1. The fraction of sp³-hybridized carbons (Fsp3) is 0.732. The number of ether oxygens (including phenoxy) is 4. The summed E-state index contributed by atoms with van der Waals surface area (Å²) in [6, 6.07) is 0. The maximum Gasteiger partial charge on any atom is 0.335 e. The number of aliphatic hydroxyl groups is 3. The maximum atomic E-state index is 12.7. The quantitative estimate of drug-likeness (QED) is 0.0318. The first-order valence-electron chi connectivity index (χ1n) is 19.7. The van der Waals surface area contributed by atoms with Gasteiger partial charge in [-0.2, -0.15) is 0 Å². The molecule has 11 heteroatoms. The number of hydrogen-bond acceptors (Lipinski definition) is 10. The first kappa shape index (κ1) is 47.2. The van der Waals surface area contributed by atoms with Crippen LogP contribution in [0.25, 0.3) is 0 Å². The van der Waals surface area contributed by atoms with E-state index < -0.39 is 61.3 Å². The molecule has 52 heavy (non-hydrogen) atoms. The van der Waals surface area contributed by atoms with Gasteiger partial charge in [-0.1, -0.05) is 114 Å². The van der Waals surface area contributed by atoms with Gasteiger partial charge in [-0.25, -0.2) is 4.79 Å². The molecule has 1 aliphatic rings. The van der Waals surface area contributed by atoms with Crippen LogP contribution in [-0.4, -0.2) is 88.4 Å². The Morgan fingerprint density at radius 1 is 0.615 bits per heavy atom. The Kier molecular flexibility index (Phi) is 28.7. The highest BCUT2D eigenvalue weighted by molar-refractivity contribution is 5.73. The van der Waals surface area contributed by atoms with E-state index in [1.807, 2.05) is 0 Å². The third-order valence-electron chi connectivity index (χ3n) is 8.66. The SMILES string of the molecule is CC/C=C\C/C=C\C/C=C\CCCCCCCC(=O)OCC(COC1OC(C(=O)O)C(O)C(O)C1O)OC(=O)CCCCCCC/C=C\CCCC. The lowest BCUT2D eigenvalue weighted by Crippen LogP contribution is -2.60. The number of carbonyl (C=O) groups is 3. The van der Waals surface area contributed by atoms with E-state index in [1.54, 1.807) is 0 Å². The molecule has 6 atom stereocenters. The van der Waals surface area contributed by atoms with E-state index in [-0.39, 0.29) is 19.4 Å². The van der Waals surface area contributed by atoms with E-state index in [1.165, 1.54) is 12.8 Å². The van der Waals surface area contributed by atoms with Gasteiger partial charge in [0, 0.05) is 12.8 Å². The molecule has 0 aliphatic carbocycles. The zero-order valence-electron chi connectivity index (χ0n) is 31.8. The van der Waals surface area contributed by atoms with Crippen LogP contribution in [0.2, 0.25) is 0 Å². The zero-order chi connectivity index (χ0) is 38.2. The minimum Gasteiger partial charge on any atom is -0.479 e. The number of allylic oxidation sites excluding steroid dienone is 8. The van der Waals surface area contributed by atoms with E-state index in [9.17, 15) is 34.8 Å². The summed E-state index contributed by atoms with van der Waals surface area (Å²) in [6.45, 7) is 3.60. The molecule has 1 rings (SSSR count). The number of aliphatic hydroxyl groups excluding tert-OH is 3.